The highest BCUT2D eigenvalue weighted by Gasteiger charge is 2.12. The molecule has 4 heteroatoms. The fourth-order valence-electron chi connectivity index (χ4n) is 2.43. The van der Waals surface area contributed by atoms with Crippen LogP contribution in [0.4, 0.5) is 4.39 Å². The van der Waals surface area contributed by atoms with E-state index in [1.54, 1.807) is 12.1 Å². The van der Waals surface area contributed by atoms with Crippen molar-refractivity contribution in [1.29, 1.82) is 0 Å². The van der Waals surface area contributed by atoms with E-state index in [0.29, 0.717) is 29.8 Å². The fraction of sp³-hybridized carbons (Fsp3) is 0.600. The topological polar surface area (TPSA) is 21.3 Å². The summed E-state index contributed by atoms with van der Waals surface area (Å²) in [6.07, 6.45) is 6.70. The van der Waals surface area contributed by atoms with Gasteiger partial charge in [0, 0.05) is 23.7 Å². The molecule has 0 saturated heterocycles. The van der Waals surface area contributed by atoms with Gasteiger partial charge in [-0.3, -0.25) is 0 Å². The van der Waals surface area contributed by atoms with E-state index in [1.807, 2.05) is 0 Å². The summed E-state index contributed by atoms with van der Waals surface area (Å²) in [6.45, 7) is 1.91. The van der Waals surface area contributed by atoms with Crippen molar-refractivity contribution < 1.29 is 9.13 Å². The number of nitrogens with one attached hydrogen (secondary N) is 1. The Labute approximate surface area is 119 Å². The molecule has 1 aliphatic rings. The predicted octanol–water partition coefficient (Wildman–Crippen LogP) is 3.92. The molecule has 0 aromatic heterocycles. The van der Waals surface area contributed by atoms with Gasteiger partial charge in [-0.2, -0.15) is 0 Å². The van der Waals surface area contributed by atoms with Crippen LogP contribution < -0.4 is 5.32 Å². The number of rotatable bonds is 6. The highest BCUT2D eigenvalue weighted by Crippen LogP contribution is 2.20. The molecular weight excluding hydrogens is 265 g/mol. The van der Waals surface area contributed by atoms with Gasteiger partial charge in [0.2, 0.25) is 0 Å². The lowest BCUT2D eigenvalue weighted by Crippen LogP contribution is -2.24. The molecule has 0 atom stereocenters. The minimum absolute atomic E-state index is 0.218. The van der Waals surface area contributed by atoms with Crippen molar-refractivity contribution in [3.8, 4) is 0 Å². The molecule has 2 rings (SSSR count). The first-order valence-electron chi connectivity index (χ1n) is 7.02. The van der Waals surface area contributed by atoms with Crippen LogP contribution in [0.2, 0.25) is 5.02 Å². The summed E-state index contributed by atoms with van der Waals surface area (Å²) in [4.78, 5) is 0. The maximum Gasteiger partial charge on any atom is 0.127 e. The lowest BCUT2D eigenvalue weighted by Gasteiger charge is -2.22. The molecule has 1 fully saturated rings. The first-order chi connectivity index (χ1) is 9.25. The van der Waals surface area contributed by atoms with Crippen molar-refractivity contribution in [1.82, 2.24) is 5.32 Å². The van der Waals surface area contributed by atoms with Gasteiger partial charge in [0.05, 0.1) is 12.7 Å². The first-order valence-corrected chi connectivity index (χ1v) is 7.40. The van der Waals surface area contributed by atoms with Crippen molar-refractivity contribution in [3.63, 3.8) is 0 Å². The van der Waals surface area contributed by atoms with Gasteiger partial charge in [0.25, 0.3) is 0 Å². The Kier molecular flexibility index (Phi) is 6.08. The van der Waals surface area contributed by atoms with E-state index in [-0.39, 0.29) is 5.82 Å². The van der Waals surface area contributed by atoms with Crippen LogP contribution in [0.5, 0.6) is 0 Å². The number of halogens is 2. The van der Waals surface area contributed by atoms with Crippen LogP contribution in [0.1, 0.15) is 37.7 Å². The lowest BCUT2D eigenvalue weighted by molar-refractivity contribution is 0.0302. The van der Waals surface area contributed by atoms with Crippen molar-refractivity contribution in [3.05, 3.63) is 34.6 Å². The van der Waals surface area contributed by atoms with Crippen LogP contribution in [-0.4, -0.2) is 19.3 Å². The van der Waals surface area contributed by atoms with Gasteiger partial charge in [-0.05, 0) is 31.0 Å². The largest absolute Gasteiger partial charge is 0.377 e. The SMILES string of the molecule is Fc1ccc(Cl)cc1CNCCOC1CCCCC1. The smallest absolute Gasteiger partial charge is 0.127 e. The quantitative estimate of drug-likeness (QED) is 0.800. The Bertz CT molecular complexity index is 394. The van der Waals surface area contributed by atoms with Crippen molar-refractivity contribution in [2.75, 3.05) is 13.2 Å². The van der Waals surface area contributed by atoms with Crippen LogP contribution in [0.25, 0.3) is 0 Å². The van der Waals surface area contributed by atoms with E-state index in [2.05, 4.69) is 5.32 Å². The number of benzene rings is 1. The number of ether oxygens (including phenoxy) is 1. The molecular formula is C15H21ClFNO. The van der Waals surface area contributed by atoms with E-state index in [9.17, 15) is 4.39 Å². The van der Waals surface area contributed by atoms with E-state index in [4.69, 9.17) is 16.3 Å². The molecule has 0 spiro atoms. The van der Waals surface area contributed by atoms with Crippen molar-refractivity contribution >= 4 is 11.6 Å². The Morgan fingerprint density at radius 2 is 2.05 bits per heavy atom. The summed E-state index contributed by atoms with van der Waals surface area (Å²) in [7, 11) is 0. The Balaban J connectivity index is 1.62. The minimum Gasteiger partial charge on any atom is -0.377 e. The molecule has 1 aliphatic carbocycles. The monoisotopic (exact) mass is 285 g/mol. The normalized spacial score (nSPS) is 16.7. The minimum atomic E-state index is -0.218. The van der Waals surface area contributed by atoms with Crippen LogP contribution in [0.15, 0.2) is 18.2 Å². The zero-order chi connectivity index (χ0) is 13.5. The zero-order valence-electron chi connectivity index (χ0n) is 11.1. The summed E-state index contributed by atoms with van der Waals surface area (Å²) >= 11 is 5.84. The Morgan fingerprint density at radius 1 is 1.26 bits per heavy atom. The van der Waals surface area contributed by atoms with Gasteiger partial charge in [-0.1, -0.05) is 30.9 Å². The standard InChI is InChI=1S/C15H21ClFNO/c16-13-6-7-15(17)12(10-13)11-18-8-9-19-14-4-2-1-3-5-14/h6-7,10,14,18H,1-5,8-9,11H2. The van der Waals surface area contributed by atoms with E-state index in [0.717, 1.165) is 6.54 Å². The summed E-state index contributed by atoms with van der Waals surface area (Å²) in [5.74, 6) is -0.218. The molecule has 0 radical (unpaired) electrons. The molecule has 0 heterocycles. The first kappa shape index (κ1) is 14.8. The van der Waals surface area contributed by atoms with E-state index in [1.165, 1.54) is 38.2 Å². The molecule has 0 unspecified atom stereocenters. The molecule has 1 aromatic carbocycles. The summed E-state index contributed by atoms with van der Waals surface area (Å²) in [5, 5.41) is 3.75. The van der Waals surface area contributed by atoms with Crippen molar-refractivity contribution in [2.45, 2.75) is 44.8 Å². The van der Waals surface area contributed by atoms with Crippen molar-refractivity contribution in [2.24, 2.45) is 0 Å². The molecule has 0 bridgehead atoms. The molecule has 1 N–H and O–H groups in total. The molecule has 106 valence electrons. The van der Waals surface area contributed by atoms with Crippen LogP contribution in [-0.2, 0) is 11.3 Å². The third kappa shape index (κ3) is 5.09. The third-order valence-corrected chi connectivity index (χ3v) is 3.74. The highest BCUT2D eigenvalue weighted by molar-refractivity contribution is 6.30. The Morgan fingerprint density at radius 3 is 2.84 bits per heavy atom. The van der Waals surface area contributed by atoms with Crippen LogP contribution in [0.3, 0.4) is 0 Å². The molecule has 1 aromatic rings. The van der Waals surface area contributed by atoms with Gasteiger partial charge in [0.15, 0.2) is 0 Å². The van der Waals surface area contributed by atoms with Gasteiger partial charge in [0.1, 0.15) is 5.82 Å². The summed E-state index contributed by atoms with van der Waals surface area (Å²) in [5.41, 5.74) is 0.602. The van der Waals surface area contributed by atoms with Gasteiger partial charge < -0.3 is 10.1 Å². The molecule has 0 amide bonds. The second kappa shape index (κ2) is 7.83. The third-order valence-electron chi connectivity index (χ3n) is 3.51. The summed E-state index contributed by atoms with van der Waals surface area (Å²) in [6, 6.07) is 4.62. The van der Waals surface area contributed by atoms with E-state index >= 15 is 0 Å². The van der Waals surface area contributed by atoms with Gasteiger partial charge in [-0.25, -0.2) is 4.39 Å². The number of hydrogen-bond acceptors (Lipinski definition) is 2. The van der Waals surface area contributed by atoms with Gasteiger partial charge >= 0.3 is 0 Å². The number of hydrogen-bond donors (Lipinski definition) is 1. The average molecular weight is 286 g/mol. The summed E-state index contributed by atoms with van der Waals surface area (Å²) < 4.78 is 19.2. The Hall–Kier alpha value is -0.640. The van der Waals surface area contributed by atoms with E-state index < -0.39 is 0 Å². The maximum atomic E-state index is 13.4. The second-order valence-corrected chi connectivity index (χ2v) is 5.48. The highest BCUT2D eigenvalue weighted by atomic mass is 35.5. The van der Waals surface area contributed by atoms with Crippen LogP contribution >= 0.6 is 11.6 Å². The molecule has 2 nitrogen and oxygen atoms in total. The second-order valence-electron chi connectivity index (χ2n) is 5.04. The van der Waals surface area contributed by atoms with Crippen LogP contribution in [0, 0.1) is 5.82 Å². The zero-order valence-corrected chi connectivity index (χ0v) is 11.9. The fourth-order valence-corrected chi connectivity index (χ4v) is 2.63. The molecule has 1 saturated carbocycles. The maximum absolute atomic E-state index is 13.4. The molecule has 0 aliphatic heterocycles. The lowest BCUT2D eigenvalue weighted by atomic mass is 9.98. The molecule has 19 heavy (non-hydrogen) atoms. The van der Waals surface area contributed by atoms with Gasteiger partial charge in [-0.15, -0.1) is 0 Å². The average Bonchev–Trinajstić information content (AvgIpc) is 2.43. The predicted molar refractivity (Wildman–Crippen MR) is 75.9 cm³/mol.